The average molecular weight is 414 g/mol. The van der Waals surface area contributed by atoms with Gasteiger partial charge in [-0.3, -0.25) is 0 Å². The molecule has 2 aliphatic rings. The summed E-state index contributed by atoms with van der Waals surface area (Å²) in [6.45, 7) is 9.08. The molecule has 0 radical (unpaired) electrons. The molecule has 3 heterocycles. The van der Waals surface area contributed by atoms with E-state index in [-0.39, 0.29) is 13.0 Å². The van der Waals surface area contributed by atoms with Crippen molar-refractivity contribution in [2.45, 2.75) is 64.4 Å². The predicted molar refractivity (Wildman–Crippen MR) is 115 cm³/mol. The second-order valence-electron chi connectivity index (χ2n) is 8.89. The van der Waals surface area contributed by atoms with Gasteiger partial charge in [0.05, 0.1) is 16.9 Å². The number of nitrogens with zero attached hydrogens (tertiary/aromatic N) is 2. The summed E-state index contributed by atoms with van der Waals surface area (Å²) in [5.74, 6) is 0.663. The molecule has 0 amide bonds. The monoisotopic (exact) mass is 414 g/mol. The summed E-state index contributed by atoms with van der Waals surface area (Å²) in [7, 11) is 1.09. The van der Waals surface area contributed by atoms with Gasteiger partial charge in [0.2, 0.25) is 0 Å². The minimum Gasteiger partial charge on any atom is -0.468 e. The van der Waals surface area contributed by atoms with Crippen LogP contribution < -0.4 is 10.2 Å². The minimum atomic E-state index is -0.510. The Hall–Kier alpha value is -1.87. The zero-order chi connectivity index (χ0) is 21.4. The molecule has 2 saturated heterocycles. The number of rotatable bonds is 6. The smallest absolute Gasteiger partial charge is 0.468 e. The summed E-state index contributed by atoms with van der Waals surface area (Å²) in [6, 6.07) is 7.97. The Morgan fingerprint density at radius 1 is 1.13 bits per heavy atom. The van der Waals surface area contributed by atoms with Gasteiger partial charge in [0, 0.05) is 30.9 Å². The molecule has 0 bridgehead atoms. The molecule has 0 aliphatic carbocycles. The highest BCUT2D eigenvalue weighted by Gasteiger charge is 2.52. The number of aromatic nitrogens is 2. The molecule has 2 aliphatic heterocycles. The van der Waals surface area contributed by atoms with Crippen LogP contribution in [0.3, 0.4) is 0 Å². The van der Waals surface area contributed by atoms with Crippen LogP contribution in [0.15, 0.2) is 30.5 Å². The number of benzene rings is 1. The Morgan fingerprint density at radius 3 is 2.57 bits per heavy atom. The average Bonchev–Trinajstić information content (AvgIpc) is 3.29. The predicted octanol–water partition coefficient (Wildman–Crippen LogP) is 3.53. The van der Waals surface area contributed by atoms with Gasteiger partial charge in [0.15, 0.2) is 6.79 Å². The SMILES string of the molecule is COCOc1cc(-c2ccn(C3CCCCO3)n2)ccc1B1OC(C)(C)C(C)(C)O1. The van der Waals surface area contributed by atoms with Crippen molar-refractivity contribution in [3.63, 3.8) is 0 Å². The Morgan fingerprint density at radius 2 is 1.90 bits per heavy atom. The van der Waals surface area contributed by atoms with E-state index in [0.717, 1.165) is 42.6 Å². The van der Waals surface area contributed by atoms with Crippen LogP contribution >= 0.6 is 0 Å². The van der Waals surface area contributed by atoms with Gasteiger partial charge in [-0.1, -0.05) is 12.1 Å². The van der Waals surface area contributed by atoms with Gasteiger partial charge in [-0.2, -0.15) is 5.10 Å². The van der Waals surface area contributed by atoms with E-state index in [0.29, 0.717) is 5.75 Å². The summed E-state index contributed by atoms with van der Waals surface area (Å²) in [5.41, 5.74) is 1.81. The first-order chi connectivity index (χ1) is 14.3. The highest BCUT2D eigenvalue weighted by atomic mass is 16.7. The van der Waals surface area contributed by atoms with Crippen molar-refractivity contribution in [1.82, 2.24) is 9.78 Å². The van der Waals surface area contributed by atoms with Crippen LogP contribution in [-0.2, 0) is 18.8 Å². The molecular formula is C22H31BN2O5. The Labute approximate surface area is 178 Å². The standard InChI is InChI=1S/C22H31BN2O5/c1-21(2)22(3,4)30-23(29-21)17-10-9-16(14-19(17)28-15-26-5)18-11-12-25(24-18)20-8-6-7-13-27-20/h9-12,14,20H,6-8,13,15H2,1-5H3. The Balaban J connectivity index is 1.61. The largest absolute Gasteiger partial charge is 0.498 e. The van der Waals surface area contributed by atoms with E-state index in [1.165, 1.54) is 0 Å². The van der Waals surface area contributed by atoms with Crippen molar-refractivity contribution >= 4 is 12.6 Å². The lowest BCUT2D eigenvalue weighted by Gasteiger charge is -2.32. The van der Waals surface area contributed by atoms with E-state index in [1.807, 2.05) is 62.8 Å². The van der Waals surface area contributed by atoms with Gasteiger partial charge in [0.1, 0.15) is 12.0 Å². The van der Waals surface area contributed by atoms with Crippen molar-refractivity contribution in [2.24, 2.45) is 0 Å². The fourth-order valence-corrected chi connectivity index (χ4v) is 3.69. The molecule has 0 saturated carbocycles. The second kappa shape index (κ2) is 8.34. The van der Waals surface area contributed by atoms with Crippen molar-refractivity contribution in [2.75, 3.05) is 20.5 Å². The maximum absolute atomic E-state index is 6.22. The summed E-state index contributed by atoms with van der Waals surface area (Å²) in [5, 5.41) is 4.74. The zero-order valence-electron chi connectivity index (χ0n) is 18.5. The van der Waals surface area contributed by atoms with E-state index in [9.17, 15) is 0 Å². The Kier molecular flexibility index (Phi) is 5.94. The number of hydrogen-bond acceptors (Lipinski definition) is 6. The van der Waals surface area contributed by atoms with E-state index in [1.54, 1.807) is 7.11 Å². The maximum Gasteiger partial charge on any atom is 0.498 e. The van der Waals surface area contributed by atoms with Gasteiger partial charge in [0.25, 0.3) is 0 Å². The van der Waals surface area contributed by atoms with Crippen LogP contribution in [0.4, 0.5) is 0 Å². The summed E-state index contributed by atoms with van der Waals surface area (Å²) in [6.07, 6.45) is 5.26. The third-order valence-electron chi connectivity index (χ3n) is 6.21. The Bertz CT molecular complexity index is 860. The zero-order valence-corrected chi connectivity index (χ0v) is 18.5. The molecule has 7 nitrogen and oxygen atoms in total. The first-order valence-corrected chi connectivity index (χ1v) is 10.6. The van der Waals surface area contributed by atoms with Crippen LogP contribution in [0.2, 0.25) is 0 Å². The molecule has 30 heavy (non-hydrogen) atoms. The summed E-state index contributed by atoms with van der Waals surface area (Å²) >= 11 is 0. The molecule has 1 aromatic carbocycles. The molecule has 2 fully saturated rings. The van der Waals surface area contributed by atoms with Crippen LogP contribution in [0.1, 0.15) is 53.2 Å². The van der Waals surface area contributed by atoms with Gasteiger partial charge < -0.3 is 23.5 Å². The third-order valence-corrected chi connectivity index (χ3v) is 6.21. The number of ether oxygens (including phenoxy) is 3. The van der Waals surface area contributed by atoms with Crippen LogP contribution in [-0.4, -0.2) is 48.6 Å². The van der Waals surface area contributed by atoms with Crippen molar-refractivity contribution in [1.29, 1.82) is 0 Å². The molecule has 1 atom stereocenters. The van der Waals surface area contributed by atoms with Gasteiger partial charge >= 0.3 is 7.12 Å². The fraction of sp³-hybridized carbons (Fsp3) is 0.591. The third kappa shape index (κ3) is 4.14. The lowest BCUT2D eigenvalue weighted by Crippen LogP contribution is -2.41. The molecule has 0 N–H and O–H groups in total. The molecular weight excluding hydrogens is 383 g/mol. The lowest BCUT2D eigenvalue weighted by molar-refractivity contribution is -0.0393. The van der Waals surface area contributed by atoms with E-state index in [2.05, 4.69) is 0 Å². The van der Waals surface area contributed by atoms with E-state index < -0.39 is 18.3 Å². The normalized spacial score (nSPS) is 23.0. The molecule has 1 unspecified atom stereocenters. The first-order valence-electron chi connectivity index (χ1n) is 10.6. The highest BCUT2D eigenvalue weighted by molar-refractivity contribution is 6.63. The number of methoxy groups -OCH3 is 1. The second-order valence-corrected chi connectivity index (χ2v) is 8.89. The summed E-state index contributed by atoms with van der Waals surface area (Å²) < 4.78 is 31.2. The van der Waals surface area contributed by atoms with Crippen LogP contribution in [0.5, 0.6) is 5.75 Å². The molecule has 2 aromatic rings. The van der Waals surface area contributed by atoms with Crippen molar-refractivity contribution in [3.8, 4) is 17.0 Å². The van der Waals surface area contributed by atoms with Gasteiger partial charge in [-0.25, -0.2) is 4.68 Å². The van der Waals surface area contributed by atoms with Gasteiger partial charge in [-0.15, -0.1) is 0 Å². The van der Waals surface area contributed by atoms with Crippen LogP contribution in [0.25, 0.3) is 11.3 Å². The molecule has 1 aromatic heterocycles. The quantitative estimate of drug-likeness (QED) is 0.532. The first kappa shape index (κ1) is 21.4. The fourth-order valence-electron chi connectivity index (χ4n) is 3.69. The van der Waals surface area contributed by atoms with Crippen LogP contribution in [0, 0.1) is 0 Å². The molecule has 0 spiro atoms. The molecule has 162 valence electrons. The number of hydrogen-bond donors (Lipinski definition) is 0. The molecule has 8 heteroatoms. The maximum atomic E-state index is 6.22. The van der Waals surface area contributed by atoms with E-state index >= 15 is 0 Å². The lowest BCUT2D eigenvalue weighted by atomic mass is 9.78. The molecule has 4 rings (SSSR count). The highest BCUT2D eigenvalue weighted by Crippen LogP contribution is 2.37. The topological polar surface area (TPSA) is 64.0 Å². The van der Waals surface area contributed by atoms with Gasteiger partial charge in [-0.05, 0) is 59.1 Å². The van der Waals surface area contributed by atoms with E-state index in [4.69, 9.17) is 28.6 Å². The summed E-state index contributed by atoms with van der Waals surface area (Å²) in [4.78, 5) is 0. The van der Waals surface area contributed by atoms with Crippen molar-refractivity contribution < 1.29 is 23.5 Å². The van der Waals surface area contributed by atoms with Crippen molar-refractivity contribution in [3.05, 3.63) is 30.5 Å². The minimum absolute atomic E-state index is 0.0146.